The van der Waals surface area contributed by atoms with Gasteiger partial charge in [-0.25, -0.2) is 0 Å². The van der Waals surface area contributed by atoms with Gasteiger partial charge >= 0.3 is 0 Å². The number of ether oxygens (including phenoxy) is 3. The maximum absolute atomic E-state index is 10.0. The van der Waals surface area contributed by atoms with Crippen LogP contribution in [0.1, 0.15) is 40.2 Å². The first-order valence-electron chi connectivity index (χ1n) is 11.9. The summed E-state index contributed by atoms with van der Waals surface area (Å²) >= 11 is 0. The van der Waals surface area contributed by atoms with Gasteiger partial charge in [0.1, 0.15) is 23.0 Å². The highest BCUT2D eigenvalue weighted by Gasteiger charge is 2.26. The van der Waals surface area contributed by atoms with Crippen molar-refractivity contribution in [2.24, 2.45) is 0 Å². The topological polar surface area (TPSA) is 54.7 Å². The van der Waals surface area contributed by atoms with Crippen LogP contribution in [0.4, 0.5) is 5.69 Å². The molecule has 5 nitrogen and oxygen atoms in total. The Kier molecular flexibility index (Phi) is 6.84. The second kappa shape index (κ2) is 9.66. The van der Waals surface area contributed by atoms with E-state index in [0.717, 1.165) is 42.8 Å². The fraction of sp³-hybridized carbons (Fsp3) is 0.414. The van der Waals surface area contributed by atoms with Gasteiger partial charge in [-0.2, -0.15) is 5.26 Å². The molecular formula is C29H34N2O3. The Hall–Kier alpha value is -3.07. The van der Waals surface area contributed by atoms with Crippen LogP contribution < -0.4 is 9.64 Å². The van der Waals surface area contributed by atoms with E-state index in [2.05, 4.69) is 47.4 Å². The van der Waals surface area contributed by atoms with Crippen LogP contribution in [0.3, 0.4) is 0 Å². The molecule has 34 heavy (non-hydrogen) atoms. The minimum absolute atomic E-state index is 0.257. The van der Waals surface area contributed by atoms with Crippen molar-refractivity contribution in [1.29, 1.82) is 5.26 Å². The molecule has 1 fully saturated rings. The molecule has 1 aliphatic heterocycles. The standard InChI is InChI=1S/C29H34N2O3/c1-28(2,3)33-20-29(4,5)34-27-8-6-7-25(26(27)19-30)23-10-9-22-18-24(12-11-21(22)17-23)31-13-15-32-16-14-31/h6-12,17-18H,13-16,20H2,1-5H3. The molecule has 0 spiro atoms. The van der Waals surface area contributed by atoms with Crippen molar-refractivity contribution in [3.63, 3.8) is 0 Å². The Labute approximate surface area is 202 Å². The summed E-state index contributed by atoms with van der Waals surface area (Å²) in [5, 5.41) is 12.4. The zero-order chi connectivity index (χ0) is 24.3. The van der Waals surface area contributed by atoms with Gasteiger partial charge in [0.2, 0.25) is 0 Å². The van der Waals surface area contributed by atoms with Gasteiger partial charge in [-0.15, -0.1) is 0 Å². The van der Waals surface area contributed by atoms with Crippen LogP contribution in [-0.4, -0.2) is 44.1 Å². The van der Waals surface area contributed by atoms with Crippen molar-refractivity contribution in [1.82, 2.24) is 0 Å². The van der Waals surface area contributed by atoms with Crippen molar-refractivity contribution in [2.75, 3.05) is 37.8 Å². The Bertz CT molecular complexity index is 1200. The molecule has 3 aromatic carbocycles. The van der Waals surface area contributed by atoms with Gasteiger partial charge in [0.15, 0.2) is 0 Å². The zero-order valence-corrected chi connectivity index (χ0v) is 20.9. The quantitative estimate of drug-likeness (QED) is 0.441. The monoisotopic (exact) mass is 458 g/mol. The molecule has 5 heteroatoms. The lowest BCUT2D eigenvalue weighted by molar-refractivity contribution is -0.0723. The molecule has 3 aromatic rings. The summed E-state index contributed by atoms with van der Waals surface area (Å²) < 4.78 is 17.7. The molecule has 0 radical (unpaired) electrons. The van der Waals surface area contributed by atoms with Crippen molar-refractivity contribution < 1.29 is 14.2 Å². The van der Waals surface area contributed by atoms with Gasteiger partial charge in [0.05, 0.1) is 25.4 Å². The van der Waals surface area contributed by atoms with E-state index in [1.165, 1.54) is 11.1 Å². The predicted molar refractivity (Wildman–Crippen MR) is 138 cm³/mol. The van der Waals surface area contributed by atoms with E-state index >= 15 is 0 Å². The van der Waals surface area contributed by atoms with E-state index < -0.39 is 5.60 Å². The fourth-order valence-electron chi connectivity index (χ4n) is 4.11. The average molecular weight is 459 g/mol. The molecule has 0 bridgehead atoms. The first-order valence-corrected chi connectivity index (χ1v) is 11.9. The van der Waals surface area contributed by atoms with Crippen LogP contribution in [0.15, 0.2) is 54.6 Å². The van der Waals surface area contributed by atoms with E-state index in [0.29, 0.717) is 17.9 Å². The molecule has 1 heterocycles. The lowest BCUT2D eigenvalue weighted by Gasteiger charge is -2.31. The van der Waals surface area contributed by atoms with Crippen molar-refractivity contribution >= 4 is 16.5 Å². The highest BCUT2D eigenvalue weighted by molar-refractivity contribution is 5.91. The number of hydrogen-bond acceptors (Lipinski definition) is 5. The molecule has 0 aliphatic carbocycles. The maximum Gasteiger partial charge on any atom is 0.138 e. The Morgan fingerprint density at radius 3 is 2.35 bits per heavy atom. The second-order valence-corrected chi connectivity index (χ2v) is 10.4. The molecule has 178 valence electrons. The van der Waals surface area contributed by atoms with Crippen molar-refractivity contribution in [2.45, 2.75) is 45.8 Å². The highest BCUT2D eigenvalue weighted by atomic mass is 16.6. The number of anilines is 1. The van der Waals surface area contributed by atoms with Gasteiger partial charge in [-0.05, 0) is 75.2 Å². The summed E-state index contributed by atoms with van der Waals surface area (Å²) in [5.41, 5.74) is 2.79. The maximum atomic E-state index is 10.0. The number of morpholine rings is 1. The predicted octanol–water partition coefficient (Wildman–Crippen LogP) is 6.19. The minimum Gasteiger partial charge on any atom is -0.484 e. The van der Waals surface area contributed by atoms with Gasteiger partial charge in [-0.1, -0.05) is 30.3 Å². The second-order valence-electron chi connectivity index (χ2n) is 10.4. The van der Waals surface area contributed by atoms with Crippen LogP contribution in [-0.2, 0) is 9.47 Å². The summed E-state index contributed by atoms with van der Waals surface area (Å²) in [5.74, 6) is 0.574. The third-order valence-electron chi connectivity index (χ3n) is 5.89. The summed E-state index contributed by atoms with van der Waals surface area (Å²) in [7, 11) is 0. The van der Waals surface area contributed by atoms with E-state index in [9.17, 15) is 5.26 Å². The van der Waals surface area contributed by atoms with E-state index in [4.69, 9.17) is 14.2 Å². The molecule has 0 aromatic heterocycles. The van der Waals surface area contributed by atoms with Crippen molar-refractivity contribution in [3.8, 4) is 22.9 Å². The van der Waals surface area contributed by atoms with Gasteiger partial charge in [-0.3, -0.25) is 0 Å². The van der Waals surface area contributed by atoms with E-state index in [-0.39, 0.29) is 5.60 Å². The largest absolute Gasteiger partial charge is 0.484 e. The van der Waals surface area contributed by atoms with Gasteiger partial charge in [0.25, 0.3) is 0 Å². The van der Waals surface area contributed by atoms with Gasteiger partial charge in [0, 0.05) is 24.3 Å². The van der Waals surface area contributed by atoms with Gasteiger partial charge < -0.3 is 19.1 Å². The molecule has 0 amide bonds. The number of nitrogens with zero attached hydrogens (tertiary/aromatic N) is 2. The molecule has 0 unspecified atom stereocenters. The molecule has 0 saturated carbocycles. The summed E-state index contributed by atoms with van der Waals surface area (Å²) in [6.45, 7) is 13.8. The number of hydrogen-bond donors (Lipinski definition) is 0. The number of fused-ring (bicyclic) bond motifs is 1. The zero-order valence-electron chi connectivity index (χ0n) is 20.9. The minimum atomic E-state index is -0.573. The Morgan fingerprint density at radius 1 is 0.941 bits per heavy atom. The van der Waals surface area contributed by atoms with Crippen LogP contribution in [0.25, 0.3) is 21.9 Å². The van der Waals surface area contributed by atoms with Crippen LogP contribution in [0.5, 0.6) is 5.75 Å². The highest BCUT2D eigenvalue weighted by Crippen LogP contribution is 2.34. The normalized spacial score (nSPS) is 14.8. The van der Waals surface area contributed by atoms with Crippen LogP contribution in [0, 0.1) is 11.3 Å². The molecular weight excluding hydrogens is 424 g/mol. The first kappa shape index (κ1) is 24.1. The number of rotatable bonds is 6. The summed E-state index contributed by atoms with van der Waals surface area (Å²) in [4.78, 5) is 2.36. The Balaban J connectivity index is 1.62. The third kappa shape index (κ3) is 5.70. The Morgan fingerprint density at radius 2 is 1.65 bits per heavy atom. The summed E-state index contributed by atoms with van der Waals surface area (Å²) in [6.07, 6.45) is 0. The van der Waals surface area contributed by atoms with Crippen molar-refractivity contribution in [3.05, 3.63) is 60.2 Å². The first-order chi connectivity index (χ1) is 16.1. The SMILES string of the molecule is CC(C)(C)OCC(C)(C)Oc1cccc(-c2ccc3cc(N4CCOCC4)ccc3c2)c1C#N. The lowest BCUT2D eigenvalue weighted by atomic mass is 9.96. The number of nitriles is 1. The average Bonchev–Trinajstić information content (AvgIpc) is 2.82. The molecule has 0 atom stereocenters. The van der Waals surface area contributed by atoms with Crippen LogP contribution in [0.2, 0.25) is 0 Å². The van der Waals surface area contributed by atoms with Crippen LogP contribution >= 0.6 is 0 Å². The molecule has 0 N–H and O–H groups in total. The van der Waals surface area contributed by atoms with E-state index in [1.54, 1.807) is 0 Å². The molecule has 1 aliphatic rings. The fourth-order valence-corrected chi connectivity index (χ4v) is 4.11. The molecule has 1 saturated heterocycles. The smallest absolute Gasteiger partial charge is 0.138 e. The molecule has 4 rings (SSSR count). The summed E-state index contributed by atoms with van der Waals surface area (Å²) in [6, 6.07) is 21.1. The van der Waals surface area contributed by atoms with E-state index in [1.807, 2.05) is 52.8 Å². The lowest BCUT2D eigenvalue weighted by Crippen LogP contribution is -2.38. The number of benzene rings is 3. The third-order valence-corrected chi connectivity index (χ3v) is 5.89.